The summed E-state index contributed by atoms with van der Waals surface area (Å²) in [7, 11) is 1.69. The summed E-state index contributed by atoms with van der Waals surface area (Å²) in [6, 6.07) is 8.25. The molecule has 5 heteroatoms. The maximum Gasteiger partial charge on any atom is 0.191 e. The maximum atomic E-state index is 5.16. The van der Waals surface area contributed by atoms with Crippen LogP contribution in [-0.4, -0.2) is 32.7 Å². The summed E-state index contributed by atoms with van der Waals surface area (Å²) < 4.78 is 5.16. The van der Waals surface area contributed by atoms with Gasteiger partial charge in [0.2, 0.25) is 0 Å². The molecule has 0 fully saturated rings. The first kappa shape index (κ1) is 21.0. The van der Waals surface area contributed by atoms with Crippen molar-refractivity contribution < 1.29 is 4.74 Å². The number of benzene rings is 1. The summed E-state index contributed by atoms with van der Waals surface area (Å²) >= 11 is 0. The van der Waals surface area contributed by atoms with Gasteiger partial charge in [0, 0.05) is 19.6 Å². The highest BCUT2D eigenvalue weighted by molar-refractivity contribution is 14.0. The minimum Gasteiger partial charge on any atom is -0.497 e. The number of nitrogens with zero attached hydrogens (tertiary/aromatic N) is 1. The third kappa shape index (κ3) is 9.12. The average Bonchev–Trinajstić information content (AvgIpc) is 2.52. The van der Waals surface area contributed by atoms with Crippen molar-refractivity contribution in [1.82, 2.24) is 10.6 Å². The zero-order valence-electron chi connectivity index (χ0n) is 14.0. The Kier molecular flexibility index (Phi) is 13.1. The van der Waals surface area contributed by atoms with Gasteiger partial charge in [0.25, 0.3) is 0 Å². The van der Waals surface area contributed by atoms with E-state index in [1.165, 1.54) is 18.4 Å². The lowest BCUT2D eigenvalue weighted by molar-refractivity contribution is 0.414. The molecule has 0 aliphatic rings. The minimum absolute atomic E-state index is 0. The van der Waals surface area contributed by atoms with Crippen LogP contribution < -0.4 is 15.4 Å². The molecule has 0 aromatic heterocycles. The Morgan fingerprint density at radius 2 is 1.82 bits per heavy atom. The van der Waals surface area contributed by atoms with Crippen LogP contribution in [0.1, 0.15) is 38.7 Å². The van der Waals surface area contributed by atoms with Gasteiger partial charge in [-0.2, -0.15) is 0 Å². The molecule has 1 aromatic carbocycles. The summed E-state index contributed by atoms with van der Waals surface area (Å²) in [5, 5.41) is 6.64. The van der Waals surface area contributed by atoms with E-state index in [2.05, 4.69) is 41.6 Å². The van der Waals surface area contributed by atoms with Crippen LogP contribution in [0.2, 0.25) is 0 Å². The number of guanidine groups is 1. The Morgan fingerprint density at radius 3 is 2.41 bits per heavy atom. The molecular weight excluding hydrogens is 389 g/mol. The predicted molar refractivity (Wildman–Crippen MR) is 106 cm³/mol. The van der Waals surface area contributed by atoms with E-state index in [9.17, 15) is 0 Å². The fourth-order valence-corrected chi connectivity index (χ4v) is 1.99. The lowest BCUT2D eigenvalue weighted by Crippen LogP contribution is -2.37. The smallest absolute Gasteiger partial charge is 0.191 e. The third-order valence-corrected chi connectivity index (χ3v) is 3.22. The lowest BCUT2D eigenvalue weighted by atomic mass is 10.1. The SMILES string of the molecule is CCCCNC(=NCCCc1ccc(OC)cc1)NCC.I. The average molecular weight is 419 g/mol. The van der Waals surface area contributed by atoms with Crippen LogP contribution in [0.3, 0.4) is 0 Å². The molecule has 0 radical (unpaired) electrons. The molecule has 0 heterocycles. The molecular formula is C17H30IN3O. The molecule has 0 bridgehead atoms. The Balaban J connectivity index is 0.00000441. The van der Waals surface area contributed by atoms with E-state index in [0.29, 0.717) is 0 Å². The van der Waals surface area contributed by atoms with E-state index >= 15 is 0 Å². The van der Waals surface area contributed by atoms with Gasteiger partial charge in [-0.1, -0.05) is 25.5 Å². The second kappa shape index (κ2) is 13.7. The number of hydrogen-bond donors (Lipinski definition) is 2. The van der Waals surface area contributed by atoms with Crippen molar-refractivity contribution in [2.24, 2.45) is 4.99 Å². The molecule has 1 aromatic rings. The van der Waals surface area contributed by atoms with Crippen LogP contribution in [-0.2, 0) is 6.42 Å². The molecule has 0 spiro atoms. The number of aryl methyl sites for hydroxylation is 1. The first-order valence-corrected chi connectivity index (χ1v) is 7.95. The van der Waals surface area contributed by atoms with Gasteiger partial charge in [0.1, 0.15) is 5.75 Å². The van der Waals surface area contributed by atoms with Crippen molar-refractivity contribution in [1.29, 1.82) is 0 Å². The van der Waals surface area contributed by atoms with E-state index in [4.69, 9.17) is 4.74 Å². The predicted octanol–water partition coefficient (Wildman–Crippen LogP) is 3.60. The summed E-state index contributed by atoms with van der Waals surface area (Å²) in [4.78, 5) is 4.60. The molecule has 0 unspecified atom stereocenters. The van der Waals surface area contributed by atoms with Crippen molar-refractivity contribution in [2.75, 3.05) is 26.7 Å². The van der Waals surface area contributed by atoms with Crippen LogP contribution in [0.25, 0.3) is 0 Å². The van der Waals surface area contributed by atoms with Crippen molar-refractivity contribution in [2.45, 2.75) is 39.5 Å². The normalized spacial score (nSPS) is 10.8. The molecule has 1 rings (SSSR count). The zero-order chi connectivity index (χ0) is 15.3. The third-order valence-electron chi connectivity index (χ3n) is 3.22. The van der Waals surface area contributed by atoms with Gasteiger partial charge in [-0.15, -0.1) is 24.0 Å². The van der Waals surface area contributed by atoms with E-state index in [1.54, 1.807) is 7.11 Å². The van der Waals surface area contributed by atoms with Gasteiger partial charge >= 0.3 is 0 Å². The summed E-state index contributed by atoms with van der Waals surface area (Å²) in [5.41, 5.74) is 1.33. The second-order valence-electron chi connectivity index (χ2n) is 4.99. The van der Waals surface area contributed by atoms with E-state index < -0.39 is 0 Å². The van der Waals surface area contributed by atoms with Crippen molar-refractivity contribution >= 4 is 29.9 Å². The molecule has 0 saturated heterocycles. The number of methoxy groups -OCH3 is 1. The van der Waals surface area contributed by atoms with E-state index in [0.717, 1.165) is 44.2 Å². The van der Waals surface area contributed by atoms with E-state index in [-0.39, 0.29) is 24.0 Å². The van der Waals surface area contributed by atoms with Crippen molar-refractivity contribution in [3.8, 4) is 5.75 Å². The molecule has 0 aliphatic carbocycles. The second-order valence-corrected chi connectivity index (χ2v) is 4.99. The summed E-state index contributed by atoms with van der Waals surface area (Å²) in [5.74, 6) is 1.84. The molecule has 0 atom stereocenters. The van der Waals surface area contributed by atoms with Crippen LogP contribution >= 0.6 is 24.0 Å². The Morgan fingerprint density at radius 1 is 1.09 bits per heavy atom. The van der Waals surface area contributed by atoms with Gasteiger partial charge in [-0.3, -0.25) is 4.99 Å². The van der Waals surface area contributed by atoms with Crippen LogP contribution in [0, 0.1) is 0 Å². The van der Waals surface area contributed by atoms with Gasteiger partial charge in [-0.25, -0.2) is 0 Å². The maximum absolute atomic E-state index is 5.16. The van der Waals surface area contributed by atoms with Crippen LogP contribution in [0.15, 0.2) is 29.3 Å². The standard InChI is InChI=1S/C17H29N3O.HI/c1-4-6-13-19-17(18-5-2)20-14-7-8-15-9-11-16(21-3)12-10-15;/h9-12H,4-8,13-14H2,1-3H3,(H2,18,19,20);1H. The molecule has 0 aliphatic heterocycles. The topological polar surface area (TPSA) is 45.7 Å². The number of halogens is 1. The fourth-order valence-electron chi connectivity index (χ4n) is 1.99. The Hall–Kier alpha value is -0.980. The molecule has 4 nitrogen and oxygen atoms in total. The first-order chi connectivity index (χ1) is 10.3. The number of ether oxygens (including phenoxy) is 1. The quantitative estimate of drug-likeness (QED) is 0.278. The lowest BCUT2D eigenvalue weighted by Gasteiger charge is -2.10. The van der Waals surface area contributed by atoms with Crippen LogP contribution in [0.5, 0.6) is 5.75 Å². The molecule has 126 valence electrons. The van der Waals surface area contributed by atoms with Crippen LogP contribution in [0.4, 0.5) is 0 Å². The van der Waals surface area contributed by atoms with Gasteiger partial charge in [-0.05, 0) is 43.9 Å². The summed E-state index contributed by atoms with van der Waals surface area (Å²) in [6.07, 6.45) is 4.47. The first-order valence-electron chi connectivity index (χ1n) is 7.95. The fraction of sp³-hybridized carbons (Fsp3) is 0.588. The zero-order valence-corrected chi connectivity index (χ0v) is 16.4. The van der Waals surface area contributed by atoms with E-state index in [1.807, 2.05) is 12.1 Å². The largest absolute Gasteiger partial charge is 0.497 e. The molecule has 22 heavy (non-hydrogen) atoms. The van der Waals surface area contributed by atoms with Gasteiger partial charge < -0.3 is 15.4 Å². The Bertz CT molecular complexity index is 407. The number of aliphatic imine (C=N–C) groups is 1. The number of nitrogens with one attached hydrogen (secondary N) is 2. The monoisotopic (exact) mass is 419 g/mol. The van der Waals surface area contributed by atoms with Crippen molar-refractivity contribution in [3.05, 3.63) is 29.8 Å². The molecule has 2 N–H and O–H groups in total. The Labute approximate surface area is 152 Å². The van der Waals surface area contributed by atoms with Gasteiger partial charge in [0.05, 0.1) is 7.11 Å². The highest BCUT2D eigenvalue weighted by atomic mass is 127. The highest BCUT2D eigenvalue weighted by Gasteiger charge is 1.97. The summed E-state index contributed by atoms with van der Waals surface area (Å²) in [6.45, 7) is 7.01. The minimum atomic E-state index is 0. The molecule has 0 saturated carbocycles. The van der Waals surface area contributed by atoms with Crippen molar-refractivity contribution in [3.63, 3.8) is 0 Å². The van der Waals surface area contributed by atoms with Gasteiger partial charge in [0.15, 0.2) is 5.96 Å². The molecule has 0 amide bonds. The number of unbranched alkanes of at least 4 members (excludes halogenated alkanes) is 1. The number of rotatable bonds is 9. The highest BCUT2D eigenvalue weighted by Crippen LogP contribution is 2.12. The number of hydrogen-bond acceptors (Lipinski definition) is 2.